The molecule has 0 saturated carbocycles. The SMILES string of the molecule is CS(=O)(=O)N1CCCc2cc(C(=O)N3CCO[C@@H](CC(=O)O)C3)ccc21. The highest BCUT2D eigenvalue weighted by Crippen LogP contribution is 2.30. The number of benzene rings is 1. The number of rotatable bonds is 4. The van der Waals surface area contributed by atoms with Crippen LogP contribution in [0, 0.1) is 0 Å². The van der Waals surface area contributed by atoms with Crippen LogP contribution in [-0.2, 0) is 26.0 Å². The van der Waals surface area contributed by atoms with E-state index < -0.39 is 22.1 Å². The molecule has 9 heteroatoms. The van der Waals surface area contributed by atoms with Gasteiger partial charge in [-0.2, -0.15) is 0 Å². The van der Waals surface area contributed by atoms with Crippen LogP contribution in [0.4, 0.5) is 5.69 Å². The molecule has 142 valence electrons. The minimum absolute atomic E-state index is 0.142. The van der Waals surface area contributed by atoms with E-state index in [2.05, 4.69) is 0 Å². The Balaban J connectivity index is 1.80. The van der Waals surface area contributed by atoms with Crippen molar-refractivity contribution in [3.8, 4) is 0 Å². The van der Waals surface area contributed by atoms with Crippen molar-refractivity contribution in [1.82, 2.24) is 4.90 Å². The number of sulfonamides is 1. The van der Waals surface area contributed by atoms with Gasteiger partial charge in [-0.3, -0.25) is 13.9 Å². The lowest BCUT2D eigenvalue weighted by molar-refractivity contribution is -0.141. The summed E-state index contributed by atoms with van der Waals surface area (Å²) in [4.78, 5) is 25.2. The number of hydrogen-bond donors (Lipinski definition) is 1. The molecule has 2 aliphatic rings. The van der Waals surface area contributed by atoms with Crippen LogP contribution in [-0.4, -0.2) is 68.9 Å². The molecule has 1 fully saturated rings. The van der Waals surface area contributed by atoms with Crippen LogP contribution in [0.1, 0.15) is 28.8 Å². The summed E-state index contributed by atoms with van der Waals surface area (Å²) in [5, 5.41) is 8.89. The van der Waals surface area contributed by atoms with Gasteiger partial charge in [0.2, 0.25) is 10.0 Å². The molecule has 0 unspecified atom stereocenters. The largest absolute Gasteiger partial charge is 0.481 e. The average Bonchev–Trinajstić information content (AvgIpc) is 2.59. The normalized spacial score (nSPS) is 20.6. The van der Waals surface area contributed by atoms with Gasteiger partial charge in [0.1, 0.15) is 0 Å². The highest BCUT2D eigenvalue weighted by molar-refractivity contribution is 7.92. The number of carboxylic acids is 1. The molecular weight excluding hydrogens is 360 g/mol. The number of amides is 1. The van der Waals surface area contributed by atoms with Crippen molar-refractivity contribution in [2.24, 2.45) is 0 Å². The predicted octanol–water partition coefficient (Wildman–Crippen LogP) is 0.715. The highest BCUT2D eigenvalue weighted by Gasteiger charge is 2.28. The van der Waals surface area contributed by atoms with Crippen LogP contribution in [0.3, 0.4) is 0 Å². The van der Waals surface area contributed by atoms with Crippen LogP contribution in [0.25, 0.3) is 0 Å². The molecule has 3 rings (SSSR count). The fraction of sp³-hybridized carbons (Fsp3) is 0.529. The van der Waals surface area contributed by atoms with Gasteiger partial charge in [0.15, 0.2) is 0 Å². The quantitative estimate of drug-likeness (QED) is 0.823. The summed E-state index contributed by atoms with van der Waals surface area (Å²) in [7, 11) is -3.35. The van der Waals surface area contributed by atoms with E-state index in [9.17, 15) is 18.0 Å². The molecule has 1 amide bonds. The highest BCUT2D eigenvalue weighted by atomic mass is 32.2. The number of carboxylic acid groups (broad SMARTS) is 1. The standard InChI is InChI=1S/C17H22N2O6S/c1-26(23,24)19-6-2-3-12-9-13(4-5-15(12)19)17(22)18-7-8-25-14(11-18)10-16(20)21/h4-5,9,14H,2-3,6-8,10-11H2,1H3,(H,20,21)/t14-/m0/s1. The lowest BCUT2D eigenvalue weighted by Crippen LogP contribution is -2.46. The summed E-state index contributed by atoms with van der Waals surface area (Å²) in [6, 6.07) is 5.06. The Kier molecular flexibility index (Phi) is 5.19. The number of carbonyl (C=O) groups excluding carboxylic acids is 1. The zero-order valence-electron chi connectivity index (χ0n) is 14.6. The first kappa shape index (κ1) is 18.7. The van der Waals surface area contributed by atoms with Crippen LogP contribution in [0.2, 0.25) is 0 Å². The Bertz CT molecular complexity index is 823. The van der Waals surface area contributed by atoms with E-state index in [0.29, 0.717) is 43.8 Å². The van der Waals surface area contributed by atoms with Crippen molar-refractivity contribution in [3.63, 3.8) is 0 Å². The first-order valence-corrected chi connectivity index (χ1v) is 10.3. The molecule has 0 spiro atoms. The Morgan fingerprint density at radius 2 is 2.08 bits per heavy atom. The summed E-state index contributed by atoms with van der Waals surface area (Å²) in [5.74, 6) is -1.15. The summed E-state index contributed by atoms with van der Waals surface area (Å²) >= 11 is 0. The van der Waals surface area contributed by atoms with Crippen molar-refractivity contribution >= 4 is 27.6 Å². The third kappa shape index (κ3) is 3.99. The molecule has 0 radical (unpaired) electrons. The van der Waals surface area contributed by atoms with Gasteiger partial charge in [0, 0.05) is 25.2 Å². The third-order valence-corrected chi connectivity index (χ3v) is 5.81. The summed E-state index contributed by atoms with van der Waals surface area (Å²) in [6.07, 6.45) is 1.95. The second kappa shape index (κ2) is 7.24. The zero-order valence-corrected chi connectivity index (χ0v) is 15.4. The van der Waals surface area contributed by atoms with E-state index in [0.717, 1.165) is 5.56 Å². The van der Waals surface area contributed by atoms with Crippen molar-refractivity contribution < 1.29 is 27.9 Å². The Morgan fingerprint density at radius 3 is 2.77 bits per heavy atom. The Morgan fingerprint density at radius 1 is 1.31 bits per heavy atom. The number of nitrogens with zero attached hydrogens (tertiary/aromatic N) is 2. The van der Waals surface area contributed by atoms with Gasteiger partial charge in [-0.05, 0) is 36.6 Å². The lowest BCUT2D eigenvalue weighted by atomic mass is 10.00. The summed E-state index contributed by atoms with van der Waals surface area (Å²) < 4.78 is 30.6. The first-order chi connectivity index (χ1) is 12.3. The number of fused-ring (bicyclic) bond motifs is 1. The number of aryl methyl sites for hydroxylation is 1. The topological polar surface area (TPSA) is 104 Å². The van der Waals surface area contributed by atoms with Crippen molar-refractivity contribution in [3.05, 3.63) is 29.3 Å². The first-order valence-electron chi connectivity index (χ1n) is 8.49. The molecule has 0 bridgehead atoms. The second-order valence-corrected chi connectivity index (χ2v) is 8.53. The molecule has 2 aliphatic heterocycles. The minimum atomic E-state index is -3.35. The molecule has 0 aromatic heterocycles. The van der Waals surface area contributed by atoms with E-state index in [4.69, 9.17) is 9.84 Å². The molecule has 1 atom stereocenters. The molecule has 1 aromatic carbocycles. The third-order valence-electron chi connectivity index (χ3n) is 4.63. The monoisotopic (exact) mass is 382 g/mol. The molecule has 1 aromatic rings. The van der Waals surface area contributed by atoms with Gasteiger partial charge < -0.3 is 14.7 Å². The molecule has 1 saturated heterocycles. The smallest absolute Gasteiger partial charge is 0.306 e. The summed E-state index contributed by atoms with van der Waals surface area (Å²) in [5.41, 5.74) is 1.94. The summed E-state index contributed by atoms with van der Waals surface area (Å²) in [6.45, 7) is 1.38. The van der Waals surface area contributed by atoms with Gasteiger partial charge in [-0.1, -0.05) is 0 Å². The van der Waals surface area contributed by atoms with Gasteiger partial charge in [-0.25, -0.2) is 8.42 Å². The molecule has 2 heterocycles. The maximum absolute atomic E-state index is 12.8. The van der Waals surface area contributed by atoms with Crippen LogP contribution in [0.15, 0.2) is 18.2 Å². The maximum Gasteiger partial charge on any atom is 0.306 e. The van der Waals surface area contributed by atoms with Crippen LogP contribution in [0.5, 0.6) is 0 Å². The fourth-order valence-electron chi connectivity index (χ4n) is 3.44. The van der Waals surface area contributed by atoms with Gasteiger partial charge in [-0.15, -0.1) is 0 Å². The number of aliphatic carboxylic acids is 1. The fourth-order valence-corrected chi connectivity index (χ4v) is 4.44. The van der Waals surface area contributed by atoms with E-state index in [1.54, 1.807) is 23.1 Å². The number of hydrogen-bond acceptors (Lipinski definition) is 5. The molecular formula is C17H22N2O6S. The maximum atomic E-state index is 12.8. The van der Waals surface area contributed by atoms with E-state index in [-0.39, 0.29) is 18.9 Å². The lowest BCUT2D eigenvalue weighted by Gasteiger charge is -2.33. The number of ether oxygens (including phenoxy) is 1. The van der Waals surface area contributed by atoms with Crippen LogP contribution >= 0.6 is 0 Å². The number of morpholine rings is 1. The van der Waals surface area contributed by atoms with Crippen LogP contribution < -0.4 is 4.31 Å². The second-order valence-electron chi connectivity index (χ2n) is 6.62. The molecule has 8 nitrogen and oxygen atoms in total. The molecule has 0 aliphatic carbocycles. The van der Waals surface area contributed by atoms with Crippen molar-refractivity contribution in [2.45, 2.75) is 25.4 Å². The Labute approximate surface area is 152 Å². The molecule has 1 N–H and O–H groups in total. The van der Waals surface area contributed by atoms with E-state index >= 15 is 0 Å². The number of carbonyl (C=O) groups is 2. The van der Waals surface area contributed by atoms with E-state index in [1.807, 2.05) is 0 Å². The van der Waals surface area contributed by atoms with Gasteiger partial charge >= 0.3 is 5.97 Å². The minimum Gasteiger partial charge on any atom is -0.481 e. The van der Waals surface area contributed by atoms with E-state index in [1.165, 1.54) is 10.6 Å². The zero-order chi connectivity index (χ0) is 18.9. The number of anilines is 1. The average molecular weight is 382 g/mol. The van der Waals surface area contributed by atoms with Gasteiger partial charge in [0.05, 0.1) is 31.1 Å². The predicted molar refractivity (Wildman–Crippen MR) is 94.8 cm³/mol. The van der Waals surface area contributed by atoms with Gasteiger partial charge in [0.25, 0.3) is 5.91 Å². The van der Waals surface area contributed by atoms with Crippen molar-refractivity contribution in [1.29, 1.82) is 0 Å². The molecule has 26 heavy (non-hydrogen) atoms. The Hall–Kier alpha value is -2.13. The van der Waals surface area contributed by atoms with Crippen molar-refractivity contribution in [2.75, 3.05) is 36.8 Å².